The molecular weight excluding hydrogens is 226 g/mol. The zero-order chi connectivity index (χ0) is 11.3. The van der Waals surface area contributed by atoms with Crippen molar-refractivity contribution in [2.45, 2.75) is 23.3 Å². The molecule has 1 unspecified atom stereocenters. The topological polar surface area (TPSA) is 63.4 Å². The molecule has 1 atom stereocenters. The number of nitro groups is 1. The van der Waals surface area contributed by atoms with Gasteiger partial charge in [0, 0.05) is 28.3 Å². The number of aliphatic hydroxyl groups is 1. The Hall–Kier alpha value is -1.07. The molecule has 1 aliphatic carbocycles. The minimum absolute atomic E-state index is 0.0697. The Kier molecular flexibility index (Phi) is 2.03. The molecule has 4 nitrogen and oxygen atoms in total. The lowest BCUT2D eigenvalue weighted by molar-refractivity contribution is -0.385. The van der Waals surface area contributed by atoms with E-state index in [0.717, 1.165) is 23.3 Å². The van der Waals surface area contributed by atoms with E-state index in [1.165, 1.54) is 12.1 Å². The average Bonchev–Trinajstić information content (AvgIpc) is 3.06. The second-order valence-electron chi connectivity index (χ2n) is 4.42. The SMILES string of the molecule is O=[N+]([O-])c1ccc2c(c1)C(O)(C1CC1)CS2. The second-order valence-corrected chi connectivity index (χ2v) is 5.44. The quantitative estimate of drug-likeness (QED) is 0.633. The summed E-state index contributed by atoms with van der Waals surface area (Å²) >= 11 is 1.59. The van der Waals surface area contributed by atoms with Gasteiger partial charge in [-0.1, -0.05) is 0 Å². The molecule has 1 heterocycles. The highest BCUT2D eigenvalue weighted by Crippen LogP contribution is 2.54. The van der Waals surface area contributed by atoms with Gasteiger partial charge >= 0.3 is 0 Å². The van der Waals surface area contributed by atoms with Crippen LogP contribution in [0.3, 0.4) is 0 Å². The molecule has 0 amide bonds. The van der Waals surface area contributed by atoms with E-state index in [0.29, 0.717) is 11.7 Å². The van der Waals surface area contributed by atoms with Crippen molar-refractivity contribution in [1.82, 2.24) is 0 Å². The molecule has 1 N–H and O–H groups in total. The summed E-state index contributed by atoms with van der Waals surface area (Å²) < 4.78 is 0. The van der Waals surface area contributed by atoms with Crippen molar-refractivity contribution < 1.29 is 10.0 Å². The van der Waals surface area contributed by atoms with Gasteiger partial charge in [-0.3, -0.25) is 10.1 Å². The molecule has 1 saturated carbocycles. The number of hydrogen-bond acceptors (Lipinski definition) is 4. The summed E-state index contributed by atoms with van der Waals surface area (Å²) in [4.78, 5) is 11.3. The molecule has 2 aliphatic rings. The number of nitro benzene ring substituents is 1. The molecule has 3 rings (SSSR count). The van der Waals surface area contributed by atoms with E-state index < -0.39 is 10.5 Å². The van der Waals surface area contributed by atoms with Gasteiger partial charge in [-0.05, 0) is 24.8 Å². The van der Waals surface area contributed by atoms with Crippen LogP contribution in [-0.4, -0.2) is 15.8 Å². The largest absolute Gasteiger partial charge is 0.384 e. The van der Waals surface area contributed by atoms with Crippen molar-refractivity contribution in [2.24, 2.45) is 5.92 Å². The van der Waals surface area contributed by atoms with E-state index in [-0.39, 0.29) is 5.69 Å². The highest BCUT2D eigenvalue weighted by Gasteiger charge is 2.49. The minimum atomic E-state index is -0.827. The van der Waals surface area contributed by atoms with E-state index in [2.05, 4.69) is 0 Å². The van der Waals surface area contributed by atoms with Crippen LogP contribution in [0.2, 0.25) is 0 Å². The molecule has 1 aliphatic heterocycles. The first kappa shape index (κ1) is 10.1. The summed E-state index contributed by atoms with van der Waals surface area (Å²) in [7, 11) is 0. The standard InChI is InChI=1S/C11H11NO3S/c13-11(7-1-2-7)6-16-10-4-3-8(12(14)15)5-9(10)11/h3-5,7,13H,1-2,6H2. The predicted molar refractivity (Wildman–Crippen MR) is 60.4 cm³/mol. The average molecular weight is 237 g/mol. The first-order chi connectivity index (χ1) is 7.61. The Labute approximate surface area is 96.8 Å². The van der Waals surface area contributed by atoms with Gasteiger partial charge < -0.3 is 5.11 Å². The zero-order valence-electron chi connectivity index (χ0n) is 8.55. The van der Waals surface area contributed by atoms with Crippen LogP contribution in [0.4, 0.5) is 5.69 Å². The Morgan fingerprint density at radius 2 is 2.25 bits per heavy atom. The van der Waals surface area contributed by atoms with Crippen LogP contribution in [0.5, 0.6) is 0 Å². The number of thioether (sulfide) groups is 1. The normalized spacial score (nSPS) is 27.8. The van der Waals surface area contributed by atoms with Gasteiger partial charge in [-0.15, -0.1) is 11.8 Å². The van der Waals surface area contributed by atoms with Gasteiger partial charge in [-0.25, -0.2) is 0 Å². The molecule has 1 aromatic carbocycles. The number of nitrogens with zero attached hydrogens (tertiary/aromatic N) is 1. The fraction of sp³-hybridized carbons (Fsp3) is 0.455. The molecular formula is C11H11NO3S. The fourth-order valence-electron chi connectivity index (χ4n) is 2.26. The first-order valence-electron chi connectivity index (χ1n) is 5.25. The fourth-order valence-corrected chi connectivity index (χ4v) is 3.58. The molecule has 5 heteroatoms. The number of rotatable bonds is 2. The van der Waals surface area contributed by atoms with Crippen molar-refractivity contribution in [2.75, 3.05) is 5.75 Å². The summed E-state index contributed by atoms with van der Waals surface area (Å²) in [5.41, 5.74) is 0.000903. The van der Waals surface area contributed by atoms with Crippen molar-refractivity contribution in [3.8, 4) is 0 Å². The van der Waals surface area contributed by atoms with Gasteiger partial charge in [-0.2, -0.15) is 0 Å². The van der Waals surface area contributed by atoms with Crippen LogP contribution in [0.15, 0.2) is 23.1 Å². The minimum Gasteiger partial charge on any atom is -0.384 e. The lowest BCUT2D eigenvalue weighted by atomic mass is 9.91. The third-order valence-corrected chi connectivity index (χ3v) is 4.59. The Bertz CT molecular complexity index is 472. The lowest BCUT2D eigenvalue weighted by Crippen LogP contribution is -2.28. The molecule has 16 heavy (non-hydrogen) atoms. The van der Waals surface area contributed by atoms with Gasteiger partial charge in [0.1, 0.15) is 5.60 Å². The monoisotopic (exact) mass is 237 g/mol. The molecule has 0 spiro atoms. The third-order valence-electron chi connectivity index (χ3n) is 3.34. The third kappa shape index (κ3) is 1.35. The summed E-state index contributed by atoms with van der Waals surface area (Å²) in [5, 5.41) is 21.3. The highest BCUT2D eigenvalue weighted by atomic mass is 32.2. The van der Waals surface area contributed by atoms with E-state index in [1.54, 1.807) is 17.8 Å². The van der Waals surface area contributed by atoms with Gasteiger partial charge in [0.2, 0.25) is 0 Å². The predicted octanol–water partition coefficient (Wildman–Crippen LogP) is 2.30. The van der Waals surface area contributed by atoms with E-state index in [1.807, 2.05) is 0 Å². The number of non-ortho nitro benzene ring substituents is 1. The van der Waals surface area contributed by atoms with E-state index in [9.17, 15) is 15.2 Å². The zero-order valence-corrected chi connectivity index (χ0v) is 9.37. The summed E-state index contributed by atoms with van der Waals surface area (Å²) in [6, 6.07) is 4.79. The van der Waals surface area contributed by atoms with Crippen LogP contribution in [0.25, 0.3) is 0 Å². The molecule has 1 fully saturated rings. The smallest absolute Gasteiger partial charge is 0.269 e. The maximum absolute atomic E-state index is 10.7. The number of hydrogen-bond donors (Lipinski definition) is 1. The van der Waals surface area contributed by atoms with E-state index in [4.69, 9.17) is 0 Å². The van der Waals surface area contributed by atoms with Crippen molar-refractivity contribution >= 4 is 17.4 Å². The van der Waals surface area contributed by atoms with E-state index >= 15 is 0 Å². The van der Waals surface area contributed by atoms with Crippen molar-refractivity contribution in [1.29, 1.82) is 0 Å². The lowest BCUT2D eigenvalue weighted by Gasteiger charge is -2.22. The van der Waals surface area contributed by atoms with Gasteiger partial charge in [0.05, 0.1) is 4.92 Å². The number of benzene rings is 1. The molecule has 0 aromatic heterocycles. The van der Waals surface area contributed by atoms with Crippen LogP contribution in [-0.2, 0) is 5.60 Å². The first-order valence-corrected chi connectivity index (χ1v) is 6.24. The van der Waals surface area contributed by atoms with Gasteiger partial charge in [0.15, 0.2) is 0 Å². The van der Waals surface area contributed by atoms with Crippen molar-refractivity contribution in [3.05, 3.63) is 33.9 Å². The molecule has 84 valence electrons. The molecule has 0 bridgehead atoms. The summed E-state index contributed by atoms with van der Waals surface area (Å²) in [6.45, 7) is 0. The Balaban J connectivity index is 2.09. The molecule has 0 saturated heterocycles. The molecule has 1 aromatic rings. The van der Waals surface area contributed by atoms with Crippen LogP contribution < -0.4 is 0 Å². The van der Waals surface area contributed by atoms with Crippen LogP contribution in [0, 0.1) is 16.0 Å². The number of fused-ring (bicyclic) bond motifs is 1. The Morgan fingerprint density at radius 3 is 2.88 bits per heavy atom. The van der Waals surface area contributed by atoms with Crippen molar-refractivity contribution in [3.63, 3.8) is 0 Å². The van der Waals surface area contributed by atoms with Gasteiger partial charge in [0.25, 0.3) is 5.69 Å². The maximum Gasteiger partial charge on any atom is 0.269 e. The van der Waals surface area contributed by atoms with Crippen LogP contribution in [0.1, 0.15) is 18.4 Å². The maximum atomic E-state index is 10.7. The Morgan fingerprint density at radius 1 is 1.50 bits per heavy atom. The second kappa shape index (κ2) is 3.21. The van der Waals surface area contributed by atoms with Crippen LogP contribution >= 0.6 is 11.8 Å². The summed E-state index contributed by atoms with van der Waals surface area (Å²) in [6.07, 6.45) is 2.05. The summed E-state index contributed by atoms with van der Waals surface area (Å²) in [5.74, 6) is 0.928. The molecule has 0 radical (unpaired) electrons. The highest BCUT2D eigenvalue weighted by molar-refractivity contribution is 7.99.